The number of carbonyl (C=O) groups excluding carboxylic acids is 1. The van der Waals surface area contributed by atoms with Crippen LogP contribution in [0.3, 0.4) is 0 Å². The SMILES string of the molecule is CNc1nccc(C(=O)N2CC(C)OC(C)(C)C2)c1F. The van der Waals surface area contributed by atoms with Crippen LogP contribution in [0.15, 0.2) is 12.3 Å². The van der Waals surface area contributed by atoms with Crippen LogP contribution in [0.4, 0.5) is 10.2 Å². The third kappa shape index (κ3) is 2.90. The predicted molar refractivity (Wildman–Crippen MR) is 74.3 cm³/mol. The molecule has 5 nitrogen and oxygen atoms in total. The smallest absolute Gasteiger partial charge is 0.257 e. The average molecular weight is 281 g/mol. The van der Waals surface area contributed by atoms with Crippen LogP contribution in [0.1, 0.15) is 31.1 Å². The number of ether oxygens (including phenoxy) is 1. The molecule has 1 fully saturated rings. The summed E-state index contributed by atoms with van der Waals surface area (Å²) in [4.78, 5) is 18.0. The Morgan fingerprint density at radius 1 is 1.60 bits per heavy atom. The Kier molecular flexibility index (Phi) is 3.94. The summed E-state index contributed by atoms with van der Waals surface area (Å²) in [5.41, 5.74) is -0.392. The van der Waals surface area contributed by atoms with Gasteiger partial charge in [0.2, 0.25) is 0 Å². The van der Waals surface area contributed by atoms with Crippen molar-refractivity contribution in [3.63, 3.8) is 0 Å². The van der Waals surface area contributed by atoms with E-state index in [1.54, 1.807) is 11.9 Å². The molecule has 1 aliphatic rings. The molecule has 1 aromatic rings. The van der Waals surface area contributed by atoms with E-state index in [4.69, 9.17) is 4.74 Å². The fourth-order valence-corrected chi connectivity index (χ4v) is 2.56. The highest BCUT2D eigenvalue weighted by atomic mass is 19.1. The number of aromatic nitrogens is 1. The molecule has 0 radical (unpaired) electrons. The minimum Gasteiger partial charge on any atom is -0.371 e. The lowest BCUT2D eigenvalue weighted by molar-refractivity contribution is -0.118. The highest BCUT2D eigenvalue weighted by Crippen LogP contribution is 2.24. The molecule has 0 aromatic carbocycles. The van der Waals surface area contributed by atoms with Crippen molar-refractivity contribution in [3.8, 4) is 0 Å². The number of hydrogen-bond donors (Lipinski definition) is 1. The van der Waals surface area contributed by atoms with Crippen LogP contribution in [0.5, 0.6) is 0 Å². The molecule has 1 saturated heterocycles. The molecule has 0 aliphatic carbocycles. The molecule has 0 spiro atoms. The molecule has 110 valence electrons. The van der Waals surface area contributed by atoms with Crippen LogP contribution >= 0.6 is 0 Å². The van der Waals surface area contributed by atoms with Crippen molar-refractivity contribution < 1.29 is 13.9 Å². The second-order valence-electron chi connectivity index (χ2n) is 5.64. The van der Waals surface area contributed by atoms with Gasteiger partial charge in [-0.1, -0.05) is 0 Å². The molecule has 2 rings (SSSR count). The van der Waals surface area contributed by atoms with Gasteiger partial charge >= 0.3 is 0 Å². The lowest BCUT2D eigenvalue weighted by Crippen LogP contribution is -2.53. The molecule has 6 heteroatoms. The van der Waals surface area contributed by atoms with Crippen LogP contribution in [-0.4, -0.2) is 47.6 Å². The van der Waals surface area contributed by atoms with Crippen LogP contribution in [-0.2, 0) is 4.74 Å². The average Bonchev–Trinajstić information content (AvgIpc) is 2.36. The number of amides is 1. The summed E-state index contributed by atoms with van der Waals surface area (Å²) in [5.74, 6) is -0.863. The van der Waals surface area contributed by atoms with E-state index >= 15 is 0 Å². The summed E-state index contributed by atoms with van der Waals surface area (Å²) >= 11 is 0. The van der Waals surface area contributed by atoms with Gasteiger partial charge in [0, 0.05) is 26.3 Å². The number of rotatable bonds is 2. The Morgan fingerprint density at radius 2 is 2.30 bits per heavy atom. The maximum Gasteiger partial charge on any atom is 0.257 e. The number of hydrogen-bond acceptors (Lipinski definition) is 4. The normalized spacial score (nSPS) is 21.6. The lowest BCUT2D eigenvalue weighted by Gasteiger charge is -2.41. The lowest BCUT2D eigenvalue weighted by atomic mass is 10.0. The molecule has 0 saturated carbocycles. The monoisotopic (exact) mass is 281 g/mol. The molecular weight excluding hydrogens is 261 g/mol. The first kappa shape index (κ1) is 14.7. The summed E-state index contributed by atoms with van der Waals surface area (Å²) in [6.45, 7) is 6.64. The topological polar surface area (TPSA) is 54.5 Å². The van der Waals surface area contributed by atoms with Gasteiger partial charge in [-0.25, -0.2) is 9.37 Å². The van der Waals surface area contributed by atoms with Crippen molar-refractivity contribution in [2.24, 2.45) is 0 Å². The maximum absolute atomic E-state index is 14.2. The Hall–Kier alpha value is -1.69. The van der Waals surface area contributed by atoms with E-state index in [1.807, 2.05) is 20.8 Å². The third-order valence-corrected chi connectivity index (χ3v) is 3.21. The summed E-state index contributed by atoms with van der Waals surface area (Å²) in [6, 6.07) is 1.41. The second kappa shape index (κ2) is 5.36. The van der Waals surface area contributed by atoms with E-state index in [1.165, 1.54) is 12.3 Å². The standard InChI is InChI=1S/C14H20FN3O2/c1-9-7-18(8-14(2,3)20-9)13(19)10-5-6-17-12(16-4)11(10)15/h5-6,9H,7-8H2,1-4H3,(H,16,17). The number of halogens is 1. The first-order valence-electron chi connectivity index (χ1n) is 6.63. The first-order valence-corrected chi connectivity index (χ1v) is 6.63. The number of anilines is 1. The van der Waals surface area contributed by atoms with Crippen molar-refractivity contribution in [1.82, 2.24) is 9.88 Å². The van der Waals surface area contributed by atoms with Crippen molar-refractivity contribution in [3.05, 3.63) is 23.6 Å². The van der Waals surface area contributed by atoms with Crippen LogP contribution < -0.4 is 5.32 Å². The van der Waals surface area contributed by atoms with E-state index in [2.05, 4.69) is 10.3 Å². The Labute approximate surface area is 118 Å². The van der Waals surface area contributed by atoms with E-state index < -0.39 is 11.4 Å². The molecule has 0 bridgehead atoms. The van der Waals surface area contributed by atoms with Crippen molar-refractivity contribution >= 4 is 11.7 Å². The highest BCUT2D eigenvalue weighted by Gasteiger charge is 2.35. The van der Waals surface area contributed by atoms with E-state index in [-0.39, 0.29) is 23.4 Å². The zero-order chi connectivity index (χ0) is 14.9. The quantitative estimate of drug-likeness (QED) is 0.899. The minimum absolute atomic E-state index is 0.0363. The van der Waals surface area contributed by atoms with Gasteiger partial charge in [0.1, 0.15) is 0 Å². The molecule has 1 unspecified atom stereocenters. The number of morpholine rings is 1. The molecule has 1 atom stereocenters. The summed E-state index contributed by atoms with van der Waals surface area (Å²) in [7, 11) is 1.57. The number of nitrogens with one attached hydrogen (secondary N) is 1. The van der Waals surface area contributed by atoms with Crippen LogP contribution in [0.2, 0.25) is 0 Å². The summed E-state index contributed by atoms with van der Waals surface area (Å²) < 4.78 is 19.9. The van der Waals surface area contributed by atoms with Gasteiger partial charge in [0.25, 0.3) is 5.91 Å². The van der Waals surface area contributed by atoms with Crippen molar-refractivity contribution in [2.75, 3.05) is 25.5 Å². The molecular formula is C14H20FN3O2. The van der Waals surface area contributed by atoms with E-state index in [9.17, 15) is 9.18 Å². The molecule has 1 aromatic heterocycles. The summed E-state index contributed by atoms with van der Waals surface area (Å²) in [5, 5.41) is 2.64. The van der Waals surface area contributed by atoms with Gasteiger partial charge in [-0.3, -0.25) is 4.79 Å². The molecule has 20 heavy (non-hydrogen) atoms. The fourth-order valence-electron chi connectivity index (χ4n) is 2.56. The zero-order valence-corrected chi connectivity index (χ0v) is 12.2. The van der Waals surface area contributed by atoms with Gasteiger partial charge in [-0.15, -0.1) is 0 Å². The van der Waals surface area contributed by atoms with E-state index in [0.717, 1.165) is 0 Å². The van der Waals surface area contributed by atoms with Crippen LogP contribution in [0, 0.1) is 5.82 Å². The van der Waals surface area contributed by atoms with E-state index in [0.29, 0.717) is 13.1 Å². The first-order chi connectivity index (χ1) is 9.34. The zero-order valence-electron chi connectivity index (χ0n) is 12.2. The van der Waals surface area contributed by atoms with Crippen molar-refractivity contribution in [1.29, 1.82) is 0 Å². The molecule has 1 aliphatic heterocycles. The van der Waals surface area contributed by atoms with Gasteiger partial charge in [-0.2, -0.15) is 0 Å². The third-order valence-electron chi connectivity index (χ3n) is 3.21. The molecule has 2 heterocycles. The predicted octanol–water partition coefficient (Wildman–Crippen LogP) is 1.90. The molecule has 1 N–H and O–H groups in total. The largest absolute Gasteiger partial charge is 0.371 e. The number of nitrogens with zero attached hydrogens (tertiary/aromatic N) is 2. The highest BCUT2D eigenvalue weighted by molar-refractivity contribution is 5.95. The Morgan fingerprint density at radius 3 is 2.90 bits per heavy atom. The van der Waals surface area contributed by atoms with Crippen molar-refractivity contribution in [2.45, 2.75) is 32.5 Å². The summed E-state index contributed by atoms with van der Waals surface area (Å²) in [6.07, 6.45) is 1.35. The minimum atomic E-state index is -0.614. The van der Waals surface area contributed by atoms with Gasteiger partial charge in [-0.05, 0) is 26.8 Å². The van der Waals surface area contributed by atoms with Gasteiger partial charge in [0.15, 0.2) is 11.6 Å². The van der Waals surface area contributed by atoms with Gasteiger partial charge < -0.3 is 15.0 Å². The Balaban J connectivity index is 2.27. The fraction of sp³-hybridized carbons (Fsp3) is 0.571. The number of pyridine rings is 1. The molecule has 1 amide bonds. The number of carbonyl (C=O) groups is 1. The Bertz CT molecular complexity index is 519. The van der Waals surface area contributed by atoms with Crippen LogP contribution in [0.25, 0.3) is 0 Å². The second-order valence-corrected chi connectivity index (χ2v) is 5.64. The maximum atomic E-state index is 14.2. The van der Waals surface area contributed by atoms with Gasteiger partial charge in [0.05, 0.1) is 17.3 Å².